The highest BCUT2D eigenvalue weighted by atomic mass is 16.2. The third-order valence-corrected chi connectivity index (χ3v) is 3.85. The highest BCUT2D eigenvalue weighted by Crippen LogP contribution is 2.27. The number of benzene rings is 1. The molecule has 4 heteroatoms. The molecule has 1 atom stereocenters. The van der Waals surface area contributed by atoms with E-state index in [1.165, 1.54) is 11.3 Å². The Kier molecular flexibility index (Phi) is 4.66. The number of nitrogens with zero attached hydrogens (tertiary/aromatic N) is 2. The van der Waals surface area contributed by atoms with Gasteiger partial charge in [-0.1, -0.05) is 0 Å². The SMILES string of the molecule is C[C@H]1CN(C)CCN1c1ccc(N)cc1CCCO. The zero-order valence-corrected chi connectivity index (χ0v) is 12.0. The molecule has 19 heavy (non-hydrogen) atoms. The van der Waals surface area contributed by atoms with Crippen molar-refractivity contribution in [3.8, 4) is 0 Å². The third kappa shape index (κ3) is 3.39. The van der Waals surface area contributed by atoms with Crippen molar-refractivity contribution >= 4 is 11.4 Å². The van der Waals surface area contributed by atoms with Crippen LogP contribution < -0.4 is 10.6 Å². The first-order valence-corrected chi connectivity index (χ1v) is 7.06. The van der Waals surface area contributed by atoms with E-state index in [-0.39, 0.29) is 6.61 Å². The van der Waals surface area contributed by atoms with Crippen molar-refractivity contribution in [1.29, 1.82) is 0 Å². The van der Waals surface area contributed by atoms with Gasteiger partial charge in [0.1, 0.15) is 0 Å². The first-order chi connectivity index (χ1) is 9.11. The monoisotopic (exact) mass is 263 g/mol. The van der Waals surface area contributed by atoms with Crippen molar-refractivity contribution < 1.29 is 5.11 Å². The summed E-state index contributed by atoms with van der Waals surface area (Å²) in [5, 5.41) is 9.03. The molecule has 1 fully saturated rings. The second-order valence-corrected chi connectivity index (χ2v) is 5.52. The van der Waals surface area contributed by atoms with Gasteiger partial charge in [0.15, 0.2) is 0 Å². The Labute approximate surface area is 115 Å². The summed E-state index contributed by atoms with van der Waals surface area (Å²) in [6.45, 7) is 5.72. The van der Waals surface area contributed by atoms with Gasteiger partial charge in [0, 0.05) is 43.7 Å². The first-order valence-electron chi connectivity index (χ1n) is 7.06. The molecule has 0 aliphatic carbocycles. The van der Waals surface area contributed by atoms with Gasteiger partial charge in [0.05, 0.1) is 0 Å². The van der Waals surface area contributed by atoms with Gasteiger partial charge < -0.3 is 20.6 Å². The summed E-state index contributed by atoms with van der Waals surface area (Å²) in [4.78, 5) is 4.83. The number of likely N-dealkylation sites (N-methyl/N-ethyl adjacent to an activating group) is 1. The van der Waals surface area contributed by atoms with Crippen molar-refractivity contribution in [2.75, 3.05) is 43.9 Å². The highest BCUT2D eigenvalue weighted by molar-refractivity contribution is 5.60. The lowest BCUT2D eigenvalue weighted by atomic mass is 10.0. The van der Waals surface area contributed by atoms with E-state index in [1.807, 2.05) is 6.07 Å². The van der Waals surface area contributed by atoms with Crippen LogP contribution in [0.5, 0.6) is 0 Å². The fourth-order valence-electron chi connectivity index (χ4n) is 2.85. The summed E-state index contributed by atoms with van der Waals surface area (Å²) in [6, 6.07) is 6.66. The zero-order valence-electron chi connectivity index (χ0n) is 12.0. The molecule has 4 nitrogen and oxygen atoms in total. The van der Waals surface area contributed by atoms with Crippen LogP contribution in [0.1, 0.15) is 18.9 Å². The zero-order chi connectivity index (χ0) is 13.8. The number of hydrogen-bond donors (Lipinski definition) is 2. The number of anilines is 2. The molecule has 2 rings (SSSR count). The summed E-state index contributed by atoms with van der Waals surface area (Å²) in [5.74, 6) is 0. The molecule has 0 saturated carbocycles. The second kappa shape index (κ2) is 6.26. The molecule has 0 spiro atoms. The Morgan fingerprint density at radius 2 is 2.16 bits per heavy atom. The molecule has 1 aliphatic heterocycles. The van der Waals surface area contributed by atoms with Gasteiger partial charge >= 0.3 is 0 Å². The molecule has 1 aromatic carbocycles. The maximum absolute atomic E-state index is 9.03. The first kappa shape index (κ1) is 14.2. The van der Waals surface area contributed by atoms with Gasteiger partial charge in [-0.05, 0) is 50.6 Å². The number of hydrogen-bond acceptors (Lipinski definition) is 4. The second-order valence-electron chi connectivity index (χ2n) is 5.52. The van der Waals surface area contributed by atoms with Crippen LogP contribution >= 0.6 is 0 Å². The number of rotatable bonds is 4. The van der Waals surface area contributed by atoms with Crippen LogP contribution in [0.4, 0.5) is 11.4 Å². The van der Waals surface area contributed by atoms with Crippen LogP contribution in [-0.2, 0) is 6.42 Å². The van der Waals surface area contributed by atoms with E-state index in [4.69, 9.17) is 10.8 Å². The van der Waals surface area contributed by atoms with Crippen LogP contribution in [0.15, 0.2) is 18.2 Å². The topological polar surface area (TPSA) is 52.7 Å². The molecule has 0 radical (unpaired) electrons. The minimum atomic E-state index is 0.229. The quantitative estimate of drug-likeness (QED) is 0.805. The van der Waals surface area contributed by atoms with Crippen molar-refractivity contribution in [2.24, 2.45) is 0 Å². The summed E-state index contributed by atoms with van der Waals surface area (Å²) in [7, 11) is 2.17. The maximum Gasteiger partial charge on any atom is 0.0434 e. The smallest absolute Gasteiger partial charge is 0.0434 e. The highest BCUT2D eigenvalue weighted by Gasteiger charge is 2.23. The number of aliphatic hydroxyl groups excluding tert-OH is 1. The Morgan fingerprint density at radius 1 is 1.37 bits per heavy atom. The lowest BCUT2D eigenvalue weighted by Gasteiger charge is -2.40. The Hall–Kier alpha value is -1.26. The number of aliphatic hydroxyl groups is 1. The van der Waals surface area contributed by atoms with Gasteiger partial charge in [-0.15, -0.1) is 0 Å². The molecule has 1 heterocycles. The number of nitrogen functional groups attached to an aromatic ring is 1. The number of nitrogens with two attached hydrogens (primary N) is 1. The fraction of sp³-hybridized carbons (Fsp3) is 0.600. The van der Waals surface area contributed by atoms with E-state index in [0.29, 0.717) is 6.04 Å². The Balaban J connectivity index is 2.22. The summed E-state index contributed by atoms with van der Waals surface area (Å²) >= 11 is 0. The predicted molar refractivity (Wildman–Crippen MR) is 80.6 cm³/mol. The molecule has 0 bridgehead atoms. The van der Waals surface area contributed by atoms with E-state index in [0.717, 1.165) is 38.2 Å². The van der Waals surface area contributed by atoms with Gasteiger partial charge in [-0.3, -0.25) is 0 Å². The lowest BCUT2D eigenvalue weighted by Crippen LogP contribution is -2.50. The largest absolute Gasteiger partial charge is 0.399 e. The average Bonchev–Trinajstić information content (AvgIpc) is 2.37. The Morgan fingerprint density at radius 3 is 2.84 bits per heavy atom. The van der Waals surface area contributed by atoms with Crippen LogP contribution in [0.2, 0.25) is 0 Å². The minimum absolute atomic E-state index is 0.229. The van der Waals surface area contributed by atoms with Gasteiger partial charge in [-0.2, -0.15) is 0 Å². The van der Waals surface area contributed by atoms with Crippen molar-refractivity contribution in [3.63, 3.8) is 0 Å². The molecule has 1 saturated heterocycles. The average molecular weight is 263 g/mol. The van der Waals surface area contributed by atoms with E-state index in [1.54, 1.807) is 0 Å². The lowest BCUT2D eigenvalue weighted by molar-refractivity contribution is 0.275. The fourth-order valence-corrected chi connectivity index (χ4v) is 2.85. The molecule has 1 aromatic rings. The van der Waals surface area contributed by atoms with Crippen LogP contribution in [0.3, 0.4) is 0 Å². The molecular weight excluding hydrogens is 238 g/mol. The Bertz CT molecular complexity index is 422. The molecule has 3 N–H and O–H groups in total. The molecule has 0 amide bonds. The van der Waals surface area contributed by atoms with E-state index in [9.17, 15) is 0 Å². The van der Waals surface area contributed by atoms with Crippen molar-refractivity contribution in [1.82, 2.24) is 4.90 Å². The maximum atomic E-state index is 9.03. The number of aryl methyl sites for hydroxylation is 1. The summed E-state index contributed by atoms with van der Waals surface area (Å²) in [5.41, 5.74) is 9.24. The van der Waals surface area contributed by atoms with Gasteiger partial charge in [0.2, 0.25) is 0 Å². The molecule has 1 aliphatic rings. The molecule has 0 unspecified atom stereocenters. The van der Waals surface area contributed by atoms with Crippen LogP contribution in [0, 0.1) is 0 Å². The third-order valence-electron chi connectivity index (χ3n) is 3.85. The minimum Gasteiger partial charge on any atom is -0.399 e. The normalized spacial score (nSPS) is 20.8. The standard InChI is InChI=1S/C15H25N3O/c1-12-11-17(2)7-8-18(12)15-6-5-14(16)10-13(15)4-3-9-19/h5-6,10,12,19H,3-4,7-9,11,16H2,1-2H3/t12-/m0/s1. The van der Waals surface area contributed by atoms with Crippen molar-refractivity contribution in [3.05, 3.63) is 23.8 Å². The van der Waals surface area contributed by atoms with Gasteiger partial charge in [0.25, 0.3) is 0 Å². The van der Waals surface area contributed by atoms with Gasteiger partial charge in [-0.25, -0.2) is 0 Å². The number of piperazine rings is 1. The predicted octanol–water partition coefficient (Wildman–Crippen LogP) is 1.33. The summed E-state index contributed by atoms with van der Waals surface area (Å²) in [6.07, 6.45) is 1.68. The summed E-state index contributed by atoms with van der Waals surface area (Å²) < 4.78 is 0. The van der Waals surface area contributed by atoms with Crippen LogP contribution in [0.25, 0.3) is 0 Å². The van der Waals surface area contributed by atoms with E-state index < -0.39 is 0 Å². The molecule has 0 aromatic heterocycles. The molecule has 106 valence electrons. The van der Waals surface area contributed by atoms with Crippen LogP contribution in [-0.4, -0.2) is 49.3 Å². The van der Waals surface area contributed by atoms with E-state index >= 15 is 0 Å². The van der Waals surface area contributed by atoms with Crippen molar-refractivity contribution in [2.45, 2.75) is 25.8 Å². The molecular formula is C15H25N3O. The van der Waals surface area contributed by atoms with E-state index in [2.05, 4.69) is 35.9 Å².